The van der Waals surface area contributed by atoms with E-state index in [-0.39, 0.29) is 0 Å². The summed E-state index contributed by atoms with van der Waals surface area (Å²) in [5.74, 6) is -0.884. The van der Waals surface area contributed by atoms with Crippen LogP contribution in [0.4, 0.5) is 13.2 Å². The number of benzene rings is 1. The molecule has 0 unspecified atom stereocenters. The van der Waals surface area contributed by atoms with Gasteiger partial charge in [-0.25, -0.2) is 0 Å². The molecule has 1 aliphatic rings. The molecule has 1 aliphatic carbocycles. The standard InChI is InChI=1S/C15H13F3O2S/c16-15(17,18)12-8-9-7-10(3-4-11(9)21-12)14(13(19)20)5-1-2-6-14/h3-4,7-8H,1-2,5-6H2,(H,19,20). The van der Waals surface area contributed by atoms with Crippen LogP contribution in [0.2, 0.25) is 0 Å². The molecule has 0 radical (unpaired) electrons. The number of aliphatic carboxylic acids is 1. The number of carboxylic acid groups (broad SMARTS) is 1. The number of rotatable bonds is 2. The Morgan fingerprint density at radius 3 is 2.43 bits per heavy atom. The van der Waals surface area contributed by atoms with Crippen molar-refractivity contribution in [3.8, 4) is 0 Å². The smallest absolute Gasteiger partial charge is 0.425 e. The van der Waals surface area contributed by atoms with E-state index in [1.54, 1.807) is 18.2 Å². The zero-order valence-corrected chi connectivity index (χ0v) is 11.9. The number of carbonyl (C=O) groups is 1. The van der Waals surface area contributed by atoms with E-state index in [4.69, 9.17) is 0 Å². The van der Waals surface area contributed by atoms with Crippen LogP contribution in [0.15, 0.2) is 24.3 Å². The lowest BCUT2D eigenvalue weighted by atomic mass is 9.79. The van der Waals surface area contributed by atoms with E-state index in [1.807, 2.05) is 0 Å². The Morgan fingerprint density at radius 2 is 1.86 bits per heavy atom. The highest BCUT2D eigenvalue weighted by Gasteiger charge is 2.43. The highest BCUT2D eigenvalue weighted by atomic mass is 32.1. The summed E-state index contributed by atoms with van der Waals surface area (Å²) < 4.78 is 38.8. The molecule has 0 aliphatic heterocycles. The third-order valence-electron chi connectivity index (χ3n) is 4.21. The molecular weight excluding hydrogens is 301 g/mol. The summed E-state index contributed by atoms with van der Waals surface area (Å²) in [5, 5.41) is 10.0. The Kier molecular flexibility index (Phi) is 3.24. The van der Waals surface area contributed by atoms with Crippen LogP contribution >= 0.6 is 11.3 Å². The molecule has 0 amide bonds. The first-order valence-electron chi connectivity index (χ1n) is 6.68. The van der Waals surface area contributed by atoms with Gasteiger partial charge in [-0.2, -0.15) is 13.2 Å². The fourth-order valence-corrected chi connectivity index (χ4v) is 4.00. The van der Waals surface area contributed by atoms with Crippen molar-refractivity contribution in [2.24, 2.45) is 0 Å². The second kappa shape index (κ2) is 4.73. The minimum absolute atomic E-state index is 0.470. The molecule has 2 nitrogen and oxygen atoms in total. The fourth-order valence-electron chi connectivity index (χ4n) is 3.09. The summed E-state index contributed by atoms with van der Waals surface area (Å²) in [4.78, 5) is 11.0. The van der Waals surface area contributed by atoms with Crippen LogP contribution in [0.3, 0.4) is 0 Å². The van der Waals surface area contributed by atoms with Crippen molar-refractivity contribution < 1.29 is 23.1 Å². The van der Waals surface area contributed by atoms with Gasteiger partial charge >= 0.3 is 12.1 Å². The maximum atomic E-state index is 12.7. The average molecular weight is 314 g/mol. The number of fused-ring (bicyclic) bond motifs is 1. The molecule has 6 heteroatoms. The Hall–Kier alpha value is -1.56. The molecule has 0 atom stereocenters. The first-order valence-corrected chi connectivity index (χ1v) is 7.49. The molecular formula is C15H13F3O2S. The predicted octanol–water partition coefficient (Wildman–Crippen LogP) is 4.82. The normalized spacial score (nSPS) is 18.2. The molecule has 1 fully saturated rings. The molecule has 1 saturated carbocycles. The molecule has 1 aromatic heterocycles. The second-order valence-corrected chi connectivity index (χ2v) is 6.54. The van der Waals surface area contributed by atoms with Gasteiger partial charge in [0.05, 0.1) is 5.41 Å². The summed E-state index contributed by atoms with van der Waals surface area (Å²) in [6.07, 6.45) is -1.60. The Labute approximate surface area is 123 Å². The molecule has 1 heterocycles. The van der Waals surface area contributed by atoms with Gasteiger partial charge in [-0.3, -0.25) is 4.79 Å². The van der Waals surface area contributed by atoms with Gasteiger partial charge in [0.1, 0.15) is 4.88 Å². The summed E-state index contributed by atoms with van der Waals surface area (Å²) in [6.45, 7) is 0. The van der Waals surface area contributed by atoms with Crippen molar-refractivity contribution in [3.05, 3.63) is 34.7 Å². The molecule has 21 heavy (non-hydrogen) atoms. The third-order valence-corrected chi connectivity index (χ3v) is 5.38. The Balaban J connectivity index is 2.10. The van der Waals surface area contributed by atoms with E-state index in [2.05, 4.69) is 0 Å². The van der Waals surface area contributed by atoms with Crippen LogP contribution < -0.4 is 0 Å². The molecule has 112 valence electrons. The minimum Gasteiger partial charge on any atom is -0.481 e. The minimum atomic E-state index is -4.36. The predicted molar refractivity (Wildman–Crippen MR) is 74.6 cm³/mol. The Morgan fingerprint density at radius 1 is 1.19 bits per heavy atom. The fraction of sp³-hybridized carbons (Fsp3) is 0.400. The van der Waals surface area contributed by atoms with Crippen molar-refractivity contribution in [1.82, 2.24) is 0 Å². The first-order chi connectivity index (χ1) is 9.83. The monoisotopic (exact) mass is 314 g/mol. The Bertz CT molecular complexity index is 696. The van der Waals surface area contributed by atoms with Gasteiger partial charge in [0.25, 0.3) is 0 Å². The van der Waals surface area contributed by atoms with E-state index in [9.17, 15) is 23.1 Å². The van der Waals surface area contributed by atoms with Crippen LogP contribution in [0.1, 0.15) is 36.1 Å². The zero-order chi connectivity index (χ0) is 15.3. The summed E-state index contributed by atoms with van der Waals surface area (Å²) >= 11 is 0.690. The summed E-state index contributed by atoms with van der Waals surface area (Å²) in [5.41, 5.74) is -0.319. The number of halogens is 3. The van der Waals surface area contributed by atoms with E-state index in [0.717, 1.165) is 18.9 Å². The van der Waals surface area contributed by atoms with Crippen molar-refractivity contribution in [2.75, 3.05) is 0 Å². The molecule has 3 rings (SSSR count). The number of hydrogen-bond donors (Lipinski definition) is 1. The van der Waals surface area contributed by atoms with E-state index in [0.29, 0.717) is 39.8 Å². The SMILES string of the molecule is O=C(O)C1(c2ccc3sc(C(F)(F)F)cc3c2)CCCC1. The molecule has 2 aromatic rings. The van der Waals surface area contributed by atoms with E-state index in [1.165, 1.54) is 0 Å². The number of thiophene rings is 1. The number of carboxylic acids is 1. The maximum absolute atomic E-state index is 12.7. The van der Waals surface area contributed by atoms with Crippen LogP contribution in [-0.4, -0.2) is 11.1 Å². The largest absolute Gasteiger partial charge is 0.481 e. The van der Waals surface area contributed by atoms with E-state index >= 15 is 0 Å². The molecule has 0 saturated heterocycles. The van der Waals surface area contributed by atoms with Gasteiger partial charge in [-0.15, -0.1) is 11.3 Å². The lowest BCUT2D eigenvalue weighted by Gasteiger charge is -2.24. The number of alkyl halides is 3. The lowest BCUT2D eigenvalue weighted by molar-refractivity contribution is -0.143. The maximum Gasteiger partial charge on any atom is 0.425 e. The van der Waals surface area contributed by atoms with E-state index < -0.39 is 22.4 Å². The summed E-state index contributed by atoms with van der Waals surface area (Å²) in [6, 6.07) is 5.99. The van der Waals surface area contributed by atoms with Crippen LogP contribution in [0, 0.1) is 0 Å². The summed E-state index contributed by atoms with van der Waals surface area (Å²) in [7, 11) is 0. The first kappa shape index (κ1) is 14.4. The van der Waals surface area contributed by atoms with Gasteiger partial charge in [-0.05, 0) is 42.0 Å². The third kappa shape index (κ3) is 2.31. The van der Waals surface area contributed by atoms with Gasteiger partial charge in [-0.1, -0.05) is 18.9 Å². The lowest BCUT2D eigenvalue weighted by Crippen LogP contribution is -2.32. The van der Waals surface area contributed by atoms with Crippen molar-refractivity contribution in [3.63, 3.8) is 0 Å². The highest BCUT2D eigenvalue weighted by molar-refractivity contribution is 7.19. The zero-order valence-electron chi connectivity index (χ0n) is 11.0. The topological polar surface area (TPSA) is 37.3 Å². The van der Waals surface area contributed by atoms with Crippen molar-refractivity contribution in [1.29, 1.82) is 0 Å². The molecule has 1 N–H and O–H groups in total. The van der Waals surface area contributed by atoms with Crippen molar-refractivity contribution >= 4 is 27.4 Å². The molecule has 0 bridgehead atoms. The van der Waals surface area contributed by atoms with Crippen LogP contribution in [0.25, 0.3) is 10.1 Å². The number of hydrogen-bond acceptors (Lipinski definition) is 2. The van der Waals surface area contributed by atoms with Gasteiger partial charge in [0, 0.05) is 4.70 Å². The van der Waals surface area contributed by atoms with Crippen molar-refractivity contribution in [2.45, 2.75) is 37.3 Å². The molecule has 1 aromatic carbocycles. The quantitative estimate of drug-likeness (QED) is 0.863. The average Bonchev–Trinajstić information content (AvgIpc) is 3.04. The van der Waals surface area contributed by atoms with Crippen LogP contribution in [-0.2, 0) is 16.4 Å². The van der Waals surface area contributed by atoms with Gasteiger partial charge < -0.3 is 5.11 Å². The molecule has 0 spiro atoms. The van der Waals surface area contributed by atoms with Gasteiger partial charge in [0.2, 0.25) is 0 Å². The van der Waals surface area contributed by atoms with Crippen LogP contribution in [0.5, 0.6) is 0 Å². The highest BCUT2D eigenvalue weighted by Crippen LogP contribution is 2.44. The second-order valence-electron chi connectivity index (χ2n) is 5.46. The van der Waals surface area contributed by atoms with Gasteiger partial charge in [0.15, 0.2) is 0 Å².